The number of benzene rings is 3. The molecule has 3 aromatic carbocycles. The first kappa shape index (κ1) is 22.5. The molecule has 1 N–H and O–H groups in total. The van der Waals surface area contributed by atoms with Crippen LogP contribution in [0.5, 0.6) is 5.75 Å². The number of rotatable bonds is 9. The number of aromatic nitrogens is 1. The van der Waals surface area contributed by atoms with E-state index in [0.29, 0.717) is 30.3 Å². The summed E-state index contributed by atoms with van der Waals surface area (Å²) in [5.74, 6) is 0.534. The molecule has 0 unspecified atom stereocenters. The molecule has 4 rings (SSSR count). The zero-order valence-corrected chi connectivity index (χ0v) is 19.2. The van der Waals surface area contributed by atoms with Gasteiger partial charge in [-0.25, -0.2) is 4.98 Å². The third kappa shape index (κ3) is 5.56. The van der Waals surface area contributed by atoms with Crippen molar-refractivity contribution < 1.29 is 14.3 Å². The largest absolute Gasteiger partial charge is 0.494 e. The van der Waals surface area contributed by atoms with E-state index in [1.165, 1.54) is 11.3 Å². The van der Waals surface area contributed by atoms with Gasteiger partial charge in [0, 0.05) is 18.5 Å². The van der Waals surface area contributed by atoms with Gasteiger partial charge in [-0.2, -0.15) is 0 Å². The number of fused-ring (bicyclic) bond motifs is 1. The second-order valence-electron chi connectivity index (χ2n) is 7.35. The Kier molecular flexibility index (Phi) is 7.32. The van der Waals surface area contributed by atoms with Crippen LogP contribution in [0.1, 0.15) is 30.1 Å². The third-order valence-corrected chi connectivity index (χ3v) is 6.04. The molecule has 0 atom stereocenters. The molecule has 1 heterocycles. The first-order valence-electron chi connectivity index (χ1n) is 10.9. The molecule has 0 aliphatic heterocycles. The van der Waals surface area contributed by atoms with Gasteiger partial charge in [0.2, 0.25) is 5.91 Å². The van der Waals surface area contributed by atoms with Crippen LogP contribution in [-0.4, -0.2) is 29.9 Å². The molecule has 0 radical (unpaired) electrons. The SMILES string of the molecule is CCOc1ccc(N(C(=O)CCCNC(=O)c2ccccc2)c2nc3ccccc3s2)cc1. The number of carbonyl (C=O) groups is 2. The van der Waals surface area contributed by atoms with E-state index in [1.807, 2.05) is 73.7 Å². The van der Waals surface area contributed by atoms with E-state index in [4.69, 9.17) is 4.74 Å². The molecule has 6 nitrogen and oxygen atoms in total. The molecule has 0 aliphatic rings. The van der Waals surface area contributed by atoms with Gasteiger partial charge >= 0.3 is 0 Å². The van der Waals surface area contributed by atoms with Crippen LogP contribution in [0, 0.1) is 0 Å². The summed E-state index contributed by atoms with van der Waals surface area (Å²) in [6, 6.07) is 24.3. The van der Waals surface area contributed by atoms with Gasteiger partial charge in [-0.15, -0.1) is 0 Å². The molecule has 4 aromatic rings. The number of anilines is 2. The monoisotopic (exact) mass is 459 g/mol. The summed E-state index contributed by atoms with van der Waals surface area (Å²) in [7, 11) is 0. The van der Waals surface area contributed by atoms with Gasteiger partial charge < -0.3 is 10.1 Å². The van der Waals surface area contributed by atoms with Crippen LogP contribution in [0.2, 0.25) is 0 Å². The number of thiazole rings is 1. The van der Waals surface area contributed by atoms with Crippen molar-refractivity contribution in [2.45, 2.75) is 19.8 Å². The summed E-state index contributed by atoms with van der Waals surface area (Å²) in [6.45, 7) is 2.92. The zero-order chi connectivity index (χ0) is 23.0. The maximum Gasteiger partial charge on any atom is 0.251 e. The van der Waals surface area contributed by atoms with E-state index in [1.54, 1.807) is 17.0 Å². The maximum absolute atomic E-state index is 13.3. The Labute approximate surface area is 196 Å². The lowest BCUT2D eigenvalue weighted by molar-refractivity contribution is -0.118. The van der Waals surface area contributed by atoms with Crippen LogP contribution in [0.4, 0.5) is 10.8 Å². The standard InChI is InChI=1S/C26H25N3O3S/c1-2-32-21-16-14-20(15-17-21)29(26-28-22-11-6-7-12-23(22)33-26)24(30)13-8-18-27-25(31)19-9-4-3-5-10-19/h3-7,9-12,14-17H,2,8,13,18H2,1H3,(H,27,31). The van der Waals surface area contributed by atoms with Crippen molar-refractivity contribution in [3.8, 4) is 5.75 Å². The van der Waals surface area contributed by atoms with Crippen LogP contribution < -0.4 is 15.0 Å². The van der Waals surface area contributed by atoms with Gasteiger partial charge in [0.25, 0.3) is 5.91 Å². The zero-order valence-electron chi connectivity index (χ0n) is 18.4. The molecule has 0 fully saturated rings. The summed E-state index contributed by atoms with van der Waals surface area (Å²) >= 11 is 1.48. The van der Waals surface area contributed by atoms with Crippen LogP contribution >= 0.6 is 11.3 Å². The number of carbonyl (C=O) groups excluding carboxylic acids is 2. The molecule has 7 heteroatoms. The van der Waals surface area contributed by atoms with Crippen molar-refractivity contribution in [3.05, 3.63) is 84.4 Å². The van der Waals surface area contributed by atoms with Crippen molar-refractivity contribution in [3.63, 3.8) is 0 Å². The quantitative estimate of drug-likeness (QED) is 0.332. The number of hydrogen-bond acceptors (Lipinski definition) is 5. The average molecular weight is 460 g/mol. The van der Waals surface area contributed by atoms with Crippen molar-refractivity contribution in [2.75, 3.05) is 18.1 Å². The minimum absolute atomic E-state index is 0.0767. The molecule has 0 spiro atoms. The summed E-state index contributed by atoms with van der Waals surface area (Å²) in [5.41, 5.74) is 2.20. The summed E-state index contributed by atoms with van der Waals surface area (Å²) in [5, 5.41) is 3.50. The number of hydrogen-bond donors (Lipinski definition) is 1. The number of nitrogens with one attached hydrogen (secondary N) is 1. The summed E-state index contributed by atoms with van der Waals surface area (Å²) in [4.78, 5) is 31.9. The summed E-state index contributed by atoms with van der Waals surface area (Å²) < 4.78 is 6.56. The van der Waals surface area contributed by atoms with Crippen molar-refractivity contribution >= 4 is 44.2 Å². The second-order valence-corrected chi connectivity index (χ2v) is 8.35. The van der Waals surface area contributed by atoms with Crippen LogP contribution in [-0.2, 0) is 4.79 Å². The molecule has 0 saturated heterocycles. The van der Waals surface area contributed by atoms with Gasteiger partial charge in [0.15, 0.2) is 5.13 Å². The predicted molar refractivity (Wildman–Crippen MR) is 132 cm³/mol. The van der Waals surface area contributed by atoms with Crippen LogP contribution in [0.25, 0.3) is 10.2 Å². The molecule has 0 bridgehead atoms. The molecular formula is C26H25N3O3S. The fraction of sp³-hybridized carbons (Fsp3) is 0.192. The lowest BCUT2D eigenvalue weighted by Crippen LogP contribution is -2.28. The third-order valence-electron chi connectivity index (χ3n) is 5.02. The molecule has 1 aromatic heterocycles. The number of amides is 2. The first-order chi connectivity index (χ1) is 16.2. The lowest BCUT2D eigenvalue weighted by Gasteiger charge is -2.20. The van der Waals surface area contributed by atoms with Gasteiger partial charge in [0.05, 0.1) is 22.5 Å². The molecule has 168 valence electrons. The smallest absolute Gasteiger partial charge is 0.251 e. The minimum atomic E-state index is -0.141. The normalized spacial score (nSPS) is 10.7. The number of nitrogens with zero attached hydrogens (tertiary/aromatic N) is 2. The topological polar surface area (TPSA) is 71.5 Å². The van der Waals surface area contributed by atoms with E-state index in [9.17, 15) is 9.59 Å². The highest BCUT2D eigenvalue weighted by molar-refractivity contribution is 7.22. The predicted octanol–water partition coefficient (Wildman–Crippen LogP) is 5.57. The Hall–Kier alpha value is -3.71. The fourth-order valence-corrected chi connectivity index (χ4v) is 4.42. The highest BCUT2D eigenvalue weighted by Gasteiger charge is 2.21. The average Bonchev–Trinajstić information content (AvgIpc) is 3.27. The fourth-order valence-electron chi connectivity index (χ4n) is 3.42. The van der Waals surface area contributed by atoms with Crippen LogP contribution in [0.15, 0.2) is 78.9 Å². The highest BCUT2D eigenvalue weighted by Crippen LogP contribution is 2.34. The molecular weight excluding hydrogens is 434 g/mol. The van der Waals surface area contributed by atoms with Gasteiger partial charge in [-0.3, -0.25) is 14.5 Å². The maximum atomic E-state index is 13.3. The van der Waals surface area contributed by atoms with Gasteiger partial charge in [-0.1, -0.05) is 41.7 Å². The van der Waals surface area contributed by atoms with E-state index >= 15 is 0 Å². The second kappa shape index (κ2) is 10.7. The highest BCUT2D eigenvalue weighted by atomic mass is 32.1. The van der Waals surface area contributed by atoms with Crippen molar-refractivity contribution in [1.82, 2.24) is 10.3 Å². The molecule has 33 heavy (non-hydrogen) atoms. The van der Waals surface area contributed by atoms with Crippen molar-refractivity contribution in [2.24, 2.45) is 0 Å². The van der Waals surface area contributed by atoms with Gasteiger partial charge in [0.1, 0.15) is 5.75 Å². The first-order valence-corrected chi connectivity index (χ1v) is 11.7. The Balaban J connectivity index is 1.47. The van der Waals surface area contributed by atoms with E-state index in [0.717, 1.165) is 21.7 Å². The number of para-hydroxylation sites is 1. The Morgan fingerprint density at radius 2 is 1.70 bits per heavy atom. The van der Waals surface area contributed by atoms with E-state index in [2.05, 4.69) is 10.3 Å². The molecule has 0 aliphatic carbocycles. The van der Waals surface area contributed by atoms with Gasteiger partial charge in [-0.05, 0) is 61.9 Å². The summed E-state index contributed by atoms with van der Waals surface area (Å²) in [6.07, 6.45) is 0.800. The van der Waals surface area contributed by atoms with E-state index in [-0.39, 0.29) is 18.2 Å². The number of ether oxygens (including phenoxy) is 1. The lowest BCUT2D eigenvalue weighted by atomic mass is 10.2. The Morgan fingerprint density at radius 3 is 2.42 bits per heavy atom. The molecule has 0 saturated carbocycles. The molecule has 2 amide bonds. The minimum Gasteiger partial charge on any atom is -0.494 e. The van der Waals surface area contributed by atoms with Crippen molar-refractivity contribution in [1.29, 1.82) is 0 Å². The Morgan fingerprint density at radius 1 is 0.970 bits per heavy atom. The van der Waals surface area contributed by atoms with Crippen LogP contribution in [0.3, 0.4) is 0 Å². The van der Waals surface area contributed by atoms with E-state index < -0.39 is 0 Å². The Bertz CT molecular complexity index is 1190.